The van der Waals surface area contributed by atoms with Crippen molar-refractivity contribution < 1.29 is 9.53 Å². The lowest BCUT2D eigenvalue weighted by Gasteiger charge is -2.38. The summed E-state index contributed by atoms with van der Waals surface area (Å²) in [4.78, 5) is 12.1. The van der Waals surface area contributed by atoms with Crippen LogP contribution in [0.1, 0.15) is 40.5 Å². The van der Waals surface area contributed by atoms with Crippen LogP contribution in [0.3, 0.4) is 0 Å². The summed E-state index contributed by atoms with van der Waals surface area (Å²) in [6.45, 7) is 10.4. The van der Waals surface area contributed by atoms with Crippen molar-refractivity contribution in [3.8, 4) is 0 Å². The van der Waals surface area contributed by atoms with Gasteiger partial charge in [0.2, 0.25) is 5.91 Å². The molecular formula is C13H26N2O2. The van der Waals surface area contributed by atoms with Crippen LogP contribution in [0.15, 0.2) is 0 Å². The third-order valence-corrected chi connectivity index (χ3v) is 3.40. The zero-order chi connectivity index (χ0) is 12.9. The minimum Gasteiger partial charge on any atom is -0.377 e. The molecule has 1 aliphatic heterocycles. The lowest BCUT2D eigenvalue weighted by atomic mass is 9.77. The van der Waals surface area contributed by atoms with Gasteiger partial charge in [0, 0.05) is 13.2 Å². The number of amides is 1. The SMILES string of the molecule is CCOC(C)CNC(=O)C1NCCCC1(C)C. The van der Waals surface area contributed by atoms with E-state index in [1.807, 2.05) is 13.8 Å². The second-order valence-electron chi connectivity index (χ2n) is 5.49. The van der Waals surface area contributed by atoms with E-state index >= 15 is 0 Å². The minimum atomic E-state index is -0.0786. The Hall–Kier alpha value is -0.610. The molecule has 17 heavy (non-hydrogen) atoms. The molecule has 0 aromatic heterocycles. The lowest BCUT2D eigenvalue weighted by Crippen LogP contribution is -2.56. The van der Waals surface area contributed by atoms with Crippen molar-refractivity contribution >= 4 is 5.91 Å². The van der Waals surface area contributed by atoms with Gasteiger partial charge in [0.05, 0.1) is 12.1 Å². The highest BCUT2D eigenvalue weighted by Gasteiger charge is 2.36. The van der Waals surface area contributed by atoms with Gasteiger partial charge < -0.3 is 15.4 Å². The standard InChI is InChI=1S/C13H26N2O2/c1-5-17-10(2)9-15-12(16)11-13(3,4)7-6-8-14-11/h10-11,14H,5-9H2,1-4H3,(H,15,16). The predicted molar refractivity (Wildman–Crippen MR) is 68.9 cm³/mol. The van der Waals surface area contributed by atoms with Gasteiger partial charge in [0.15, 0.2) is 0 Å². The highest BCUT2D eigenvalue weighted by Crippen LogP contribution is 2.29. The van der Waals surface area contributed by atoms with Crippen molar-refractivity contribution in [1.29, 1.82) is 0 Å². The maximum Gasteiger partial charge on any atom is 0.237 e. The van der Waals surface area contributed by atoms with Gasteiger partial charge in [-0.2, -0.15) is 0 Å². The first-order valence-electron chi connectivity index (χ1n) is 6.60. The van der Waals surface area contributed by atoms with E-state index in [-0.39, 0.29) is 23.5 Å². The molecule has 0 aromatic carbocycles. The predicted octanol–water partition coefficient (Wildman–Crippen LogP) is 1.31. The van der Waals surface area contributed by atoms with Gasteiger partial charge >= 0.3 is 0 Å². The van der Waals surface area contributed by atoms with Crippen LogP contribution < -0.4 is 10.6 Å². The summed E-state index contributed by atoms with van der Waals surface area (Å²) < 4.78 is 5.40. The van der Waals surface area contributed by atoms with Crippen molar-refractivity contribution in [1.82, 2.24) is 10.6 Å². The van der Waals surface area contributed by atoms with E-state index in [4.69, 9.17) is 4.74 Å². The zero-order valence-corrected chi connectivity index (χ0v) is 11.5. The molecule has 0 bridgehead atoms. The fraction of sp³-hybridized carbons (Fsp3) is 0.923. The molecule has 1 heterocycles. The average Bonchev–Trinajstić information content (AvgIpc) is 2.26. The molecule has 0 saturated carbocycles. The number of ether oxygens (including phenoxy) is 1. The Morgan fingerprint density at radius 1 is 1.59 bits per heavy atom. The van der Waals surface area contributed by atoms with E-state index < -0.39 is 0 Å². The van der Waals surface area contributed by atoms with Crippen LogP contribution in [0.2, 0.25) is 0 Å². The molecule has 2 atom stereocenters. The lowest BCUT2D eigenvalue weighted by molar-refractivity contribution is -0.127. The fourth-order valence-corrected chi connectivity index (χ4v) is 2.35. The second-order valence-corrected chi connectivity index (χ2v) is 5.49. The van der Waals surface area contributed by atoms with Gasteiger partial charge in [-0.3, -0.25) is 4.79 Å². The summed E-state index contributed by atoms with van der Waals surface area (Å²) in [6.07, 6.45) is 2.32. The van der Waals surface area contributed by atoms with Crippen molar-refractivity contribution in [3.63, 3.8) is 0 Å². The maximum absolute atomic E-state index is 12.1. The first-order valence-corrected chi connectivity index (χ1v) is 6.60. The Bertz CT molecular complexity index is 254. The molecule has 1 amide bonds. The molecule has 4 nitrogen and oxygen atoms in total. The maximum atomic E-state index is 12.1. The van der Waals surface area contributed by atoms with E-state index in [1.54, 1.807) is 0 Å². The van der Waals surface area contributed by atoms with Gasteiger partial charge in [-0.25, -0.2) is 0 Å². The van der Waals surface area contributed by atoms with Crippen molar-refractivity contribution in [3.05, 3.63) is 0 Å². The normalized spacial score (nSPS) is 25.3. The average molecular weight is 242 g/mol. The van der Waals surface area contributed by atoms with E-state index in [1.165, 1.54) is 0 Å². The minimum absolute atomic E-state index is 0.0389. The number of carbonyl (C=O) groups is 1. The molecule has 0 aromatic rings. The zero-order valence-electron chi connectivity index (χ0n) is 11.5. The number of rotatable bonds is 5. The van der Waals surface area contributed by atoms with E-state index in [2.05, 4.69) is 24.5 Å². The van der Waals surface area contributed by atoms with Crippen LogP contribution in [0.25, 0.3) is 0 Å². The van der Waals surface area contributed by atoms with Gasteiger partial charge in [-0.05, 0) is 38.6 Å². The molecular weight excluding hydrogens is 216 g/mol. The third kappa shape index (κ3) is 4.28. The number of nitrogens with one attached hydrogen (secondary N) is 2. The largest absolute Gasteiger partial charge is 0.377 e. The first-order chi connectivity index (χ1) is 7.97. The van der Waals surface area contributed by atoms with Crippen LogP contribution in [0.5, 0.6) is 0 Å². The summed E-state index contributed by atoms with van der Waals surface area (Å²) >= 11 is 0. The van der Waals surface area contributed by atoms with Crippen molar-refractivity contribution in [2.75, 3.05) is 19.7 Å². The molecule has 0 aliphatic carbocycles. The van der Waals surface area contributed by atoms with Crippen LogP contribution >= 0.6 is 0 Å². The Morgan fingerprint density at radius 3 is 2.88 bits per heavy atom. The van der Waals surface area contributed by atoms with Gasteiger partial charge in [-0.1, -0.05) is 13.8 Å². The fourth-order valence-electron chi connectivity index (χ4n) is 2.35. The van der Waals surface area contributed by atoms with Gasteiger partial charge in [0.25, 0.3) is 0 Å². The highest BCUT2D eigenvalue weighted by molar-refractivity contribution is 5.82. The van der Waals surface area contributed by atoms with Gasteiger partial charge in [0.1, 0.15) is 0 Å². The Morgan fingerprint density at radius 2 is 2.29 bits per heavy atom. The van der Waals surface area contributed by atoms with E-state index in [0.717, 1.165) is 19.4 Å². The smallest absolute Gasteiger partial charge is 0.237 e. The van der Waals surface area contributed by atoms with E-state index in [9.17, 15) is 4.79 Å². The second kappa shape index (κ2) is 6.36. The molecule has 0 spiro atoms. The summed E-state index contributed by atoms with van der Waals surface area (Å²) in [5.74, 6) is 0.0984. The quantitative estimate of drug-likeness (QED) is 0.764. The molecule has 1 fully saturated rings. The van der Waals surface area contributed by atoms with E-state index in [0.29, 0.717) is 13.2 Å². The molecule has 1 rings (SSSR count). The molecule has 2 unspecified atom stereocenters. The van der Waals surface area contributed by atoms with Crippen LogP contribution in [0.4, 0.5) is 0 Å². The molecule has 1 aliphatic rings. The molecule has 2 N–H and O–H groups in total. The third-order valence-electron chi connectivity index (χ3n) is 3.40. The Labute approximate surface area is 104 Å². The Kier molecular flexibility index (Phi) is 5.40. The molecule has 4 heteroatoms. The number of hydrogen-bond donors (Lipinski definition) is 2. The van der Waals surface area contributed by atoms with Crippen LogP contribution in [-0.2, 0) is 9.53 Å². The summed E-state index contributed by atoms with van der Waals surface area (Å²) in [5, 5.41) is 6.28. The van der Waals surface area contributed by atoms with Gasteiger partial charge in [-0.15, -0.1) is 0 Å². The number of hydrogen-bond acceptors (Lipinski definition) is 3. The first kappa shape index (κ1) is 14.5. The topological polar surface area (TPSA) is 50.4 Å². The summed E-state index contributed by atoms with van der Waals surface area (Å²) in [5.41, 5.74) is 0.0389. The summed E-state index contributed by atoms with van der Waals surface area (Å²) in [6, 6.07) is -0.0786. The number of piperidine rings is 1. The monoisotopic (exact) mass is 242 g/mol. The molecule has 0 radical (unpaired) electrons. The molecule has 100 valence electrons. The molecule has 1 saturated heterocycles. The number of carbonyl (C=O) groups excluding carboxylic acids is 1. The summed E-state index contributed by atoms with van der Waals surface area (Å²) in [7, 11) is 0. The van der Waals surface area contributed by atoms with Crippen molar-refractivity contribution in [2.24, 2.45) is 5.41 Å². The Balaban J connectivity index is 2.41. The van der Waals surface area contributed by atoms with Crippen LogP contribution in [0, 0.1) is 5.41 Å². The highest BCUT2D eigenvalue weighted by atomic mass is 16.5. The van der Waals surface area contributed by atoms with Crippen molar-refractivity contribution in [2.45, 2.75) is 52.7 Å². The van der Waals surface area contributed by atoms with Crippen LogP contribution in [-0.4, -0.2) is 37.7 Å².